The van der Waals surface area contributed by atoms with Crippen molar-refractivity contribution in [2.75, 3.05) is 30.4 Å². The van der Waals surface area contributed by atoms with Crippen LogP contribution in [0.5, 0.6) is 0 Å². The number of anilines is 2. The molecule has 0 radical (unpaired) electrons. The van der Waals surface area contributed by atoms with Crippen molar-refractivity contribution in [3.63, 3.8) is 0 Å². The van der Waals surface area contributed by atoms with Crippen LogP contribution < -0.4 is 10.2 Å². The smallest absolute Gasteiger partial charge is 0.141 e. The molecule has 1 aliphatic rings. The molecule has 0 saturated carbocycles. The third kappa shape index (κ3) is 4.80. The molecule has 2 aromatic carbocycles. The number of aliphatic hydroxyl groups is 1. The van der Waals surface area contributed by atoms with E-state index in [-0.39, 0.29) is 5.02 Å². The van der Waals surface area contributed by atoms with E-state index in [1.54, 1.807) is 25.2 Å². The lowest BCUT2D eigenvalue weighted by Crippen LogP contribution is -2.31. The summed E-state index contributed by atoms with van der Waals surface area (Å²) in [6, 6.07) is 9.78. The van der Waals surface area contributed by atoms with Gasteiger partial charge in [-0.15, -0.1) is 0 Å². The van der Waals surface area contributed by atoms with Crippen LogP contribution in [0.25, 0.3) is 0 Å². The van der Waals surface area contributed by atoms with Crippen LogP contribution in [0.4, 0.5) is 20.2 Å². The Hall–Kier alpha value is -2.18. The van der Waals surface area contributed by atoms with E-state index in [0.717, 1.165) is 37.1 Å². The number of alkyl halides is 1. The predicted molar refractivity (Wildman–Crippen MR) is 111 cm³/mol. The van der Waals surface area contributed by atoms with Crippen molar-refractivity contribution in [2.45, 2.75) is 32.0 Å². The molecular weight excluding hydrogens is 384 g/mol. The molecule has 1 fully saturated rings. The number of rotatable bonds is 4. The van der Waals surface area contributed by atoms with E-state index in [1.807, 2.05) is 11.0 Å². The molecule has 28 heavy (non-hydrogen) atoms. The largest absolute Gasteiger partial charge is 0.391 e. The van der Waals surface area contributed by atoms with Crippen LogP contribution >= 0.6 is 11.6 Å². The first kappa shape index (κ1) is 20.6. The molecule has 150 valence electrons. The van der Waals surface area contributed by atoms with Crippen LogP contribution in [0.3, 0.4) is 0 Å². The molecule has 1 heterocycles. The second-order valence-electron chi connectivity index (χ2n) is 6.90. The van der Waals surface area contributed by atoms with E-state index in [0.29, 0.717) is 23.6 Å². The summed E-state index contributed by atoms with van der Waals surface area (Å²) in [4.78, 5) is 6.33. The first-order valence-corrected chi connectivity index (χ1v) is 9.70. The number of amidine groups is 1. The van der Waals surface area contributed by atoms with E-state index >= 15 is 0 Å². The van der Waals surface area contributed by atoms with Crippen molar-refractivity contribution >= 4 is 28.8 Å². The molecule has 7 heteroatoms. The molecule has 2 N–H and O–H groups in total. The standard InChI is InChI=1S/C21H24ClF2N3O/c1-25-21(26-16-7-8-19(24)18(22)11-16)14-5-6-15(12-23)20(10-14)27-9-3-2-4-17(28)13-27/h5-8,10-11,17,28H,2-4,9,12-13H2,1H3,(H,25,26). The molecule has 1 unspecified atom stereocenters. The van der Waals surface area contributed by atoms with Crippen molar-refractivity contribution in [1.29, 1.82) is 0 Å². The first-order chi connectivity index (χ1) is 13.5. The van der Waals surface area contributed by atoms with Crippen molar-refractivity contribution in [1.82, 2.24) is 0 Å². The first-order valence-electron chi connectivity index (χ1n) is 9.33. The monoisotopic (exact) mass is 407 g/mol. The highest BCUT2D eigenvalue weighted by Gasteiger charge is 2.20. The highest BCUT2D eigenvalue weighted by atomic mass is 35.5. The maximum absolute atomic E-state index is 13.6. The lowest BCUT2D eigenvalue weighted by atomic mass is 10.1. The SMILES string of the molecule is CN=C(Nc1ccc(F)c(Cl)c1)c1ccc(CF)c(N2CCCCC(O)C2)c1. The molecule has 0 aromatic heterocycles. The van der Waals surface area contributed by atoms with E-state index in [1.165, 1.54) is 12.1 Å². The summed E-state index contributed by atoms with van der Waals surface area (Å²) >= 11 is 5.86. The van der Waals surface area contributed by atoms with Crippen molar-refractivity contribution in [3.8, 4) is 0 Å². The molecule has 3 rings (SSSR count). The van der Waals surface area contributed by atoms with Gasteiger partial charge in [-0.25, -0.2) is 8.78 Å². The van der Waals surface area contributed by atoms with Gasteiger partial charge in [0, 0.05) is 42.6 Å². The maximum Gasteiger partial charge on any atom is 0.141 e. The Morgan fingerprint density at radius 2 is 2.11 bits per heavy atom. The molecule has 0 amide bonds. The predicted octanol–water partition coefficient (Wildman–Crippen LogP) is 4.79. The number of nitrogens with zero attached hydrogens (tertiary/aromatic N) is 2. The van der Waals surface area contributed by atoms with Crippen molar-refractivity contribution in [3.05, 3.63) is 58.4 Å². The van der Waals surface area contributed by atoms with Gasteiger partial charge >= 0.3 is 0 Å². The highest BCUT2D eigenvalue weighted by Crippen LogP contribution is 2.27. The average molecular weight is 408 g/mol. The number of nitrogens with one attached hydrogen (secondary N) is 1. The zero-order valence-electron chi connectivity index (χ0n) is 15.8. The minimum Gasteiger partial charge on any atom is -0.391 e. The summed E-state index contributed by atoms with van der Waals surface area (Å²) < 4.78 is 27.0. The molecule has 4 nitrogen and oxygen atoms in total. The fraction of sp³-hybridized carbons (Fsp3) is 0.381. The van der Waals surface area contributed by atoms with Gasteiger partial charge in [0.2, 0.25) is 0 Å². The van der Waals surface area contributed by atoms with Crippen LogP contribution in [0, 0.1) is 5.82 Å². The lowest BCUT2D eigenvalue weighted by molar-refractivity contribution is 0.174. The van der Waals surface area contributed by atoms with Gasteiger partial charge in [-0.1, -0.05) is 23.7 Å². The van der Waals surface area contributed by atoms with Gasteiger partial charge in [0.05, 0.1) is 11.1 Å². The summed E-state index contributed by atoms with van der Waals surface area (Å²) in [7, 11) is 1.64. The number of aliphatic imine (C=N–C) groups is 1. The maximum atomic E-state index is 13.6. The topological polar surface area (TPSA) is 47.9 Å². The molecule has 1 aliphatic heterocycles. The second kappa shape index (κ2) is 9.34. The zero-order valence-corrected chi connectivity index (χ0v) is 16.5. The van der Waals surface area contributed by atoms with Gasteiger partial charge in [-0.05, 0) is 43.5 Å². The average Bonchev–Trinajstić information content (AvgIpc) is 2.92. The van der Waals surface area contributed by atoms with Gasteiger partial charge in [0.1, 0.15) is 18.3 Å². The Morgan fingerprint density at radius 3 is 2.82 bits per heavy atom. The van der Waals surface area contributed by atoms with Gasteiger partial charge < -0.3 is 15.3 Å². The summed E-state index contributed by atoms with van der Waals surface area (Å²) in [6.07, 6.45) is 2.25. The van der Waals surface area contributed by atoms with Crippen LogP contribution in [-0.4, -0.2) is 37.2 Å². The lowest BCUT2D eigenvalue weighted by Gasteiger charge is -2.27. The number of hydrogen-bond acceptors (Lipinski definition) is 3. The number of benzene rings is 2. The molecular formula is C21H24ClF2N3O. The Bertz CT molecular complexity index is 860. The van der Waals surface area contributed by atoms with E-state index in [4.69, 9.17) is 11.6 Å². The Balaban J connectivity index is 1.90. The van der Waals surface area contributed by atoms with Crippen LogP contribution in [-0.2, 0) is 6.67 Å². The zero-order chi connectivity index (χ0) is 20.1. The summed E-state index contributed by atoms with van der Waals surface area (Å²) in [5.41, 5.74) is 2.72. The van der Waals surface area contributed by atoms with Gasteiger partial charge in [-0.2, -0.15) is 0 Å². The van der Waals surface area contributed by atoms with Gasteiger partial charge in [-0.3, -0.25) is 4.99 Å². The van der Waals surface area contributed by atoms with E-state index < -0.39 is 18.6 Å². The quantitative estimate of drug-likeness (QED) is 0.566. The summed E-state index contributed by atoms with van der Waals surface area (Å²) in [5, 5.41) is 13.3. The second-order valence-corrected chi connectivity index (χ2v) is 7.31. The van der Waals surface area contributed by atoms with Crippen LogP contribution in [0.1, 0.15) is 30.4 Å². The fourth-order valence-electron chi connectivity index (χ4n) is 3.42. The summed E-state index contributed by atoms with van der Waals surface area (Å²) in [5.74, 6) is 0.0706. The number of β-amino-alcohol motifs (C(OH)–C–C–N with tert-alkyl or cyclic N) is 1. The molecule has 1 saturated heterocycles. The third-order valence-electron chi connectivity index (χ3n) is 4.90. The van der Waals surface area contributed by atoms with E-state index in [9.17, 15) is 13.9 Å². The molecule has 0 bridgehead atoms. The Labute approximate surface area is 168 Å². The summed E-state index contributed by atoms with van der Waals surface area (Å²) in [6.45, 7) is 0.672. The van der Waals surface area contributed by atoms with Crippen molar-refractivity contribution in [2.24, 2.45) is 4.99 Å². The normalized spacial score (nSPS) is 18.1. The molecule has 0 aliphatic carbocycles. The minimum atomic E-state index is -0.582. The van der Waals surface area contributed by atoms with Crippen LogP contribution in [0.15, 0.2) is 41.4 Å². The highest BCUT2D eigenvalue weighted by molar-refractivity contribution is 6.31. The van der Waals surface area contributed by atoms with Gasteiger partial charge in [0.25, 0.3) is 0 Å². The van der Waals surface area contributed by atoms with Crippen LogP contribution in [0.2, 0.25) is 5.02 Å². The fourth-order valence-corrected chi connectivity index (χ4v) is 3.61. The van der Waals surface area contributed by atoms with Gasteiger partial charge in [0.15, 0.2) is 0 Å². The number of hydrogen-bond donors (Lipinski definition) is 2. The van der Waals surface area contributed by atoms with Crippen molar-refractivity contribution < 1.29 is 13.9 Å². The Kier molecular flexibility index (Phi) is 6.86. The number of aliphatic hydroxyl groups excluding tert-OH is 1. The Morgan fingerprint density at radius 1 is 1.29 bits per heavy atom. The number of halogens is 3. The molecule has 0 spiro atoms. The molecule has 1 atom stereocenters. The molecule has 2 aromatic rings. The third-order valence-corrected chi connectivity index (χ3v) is 5.19. The van der Waals surface area contributed by atoms with E-state index in [2.05, 4.69) is 10.3 Å². The minimum absolute atomic E-state index is 0.0208.